The maximum atomic E-state index is 8.87. The summed E-state index contributed by atoms with van der Waals surface area (Å²) in [7, 11) is 1.96. The smallest absolute Gasteiger partial charge is 0.335 e. The van der Waals surface area contributed by atoms with Crippen molar-refractivity contribution >= 4 is 16.8 Å². The average molecular weight is 309 g/mol. The van der Waals surface area contributed by atoms with Gasteiger partial charge in [-0.25, -0.2) is 0 Å². The van der Waals surface area contributed by atoms with Crippen LogP contribution in [-0.4, -0.2) is 18.3 Å². The van der Waals surface area contributed by atoms with E-state index >= 15 is 0 Å². The van der Waals surface area contributed by atoms with E-state index in [1.54, 1.807) is 6.39 Å². The molecule has 0 atom stereocenters. The molecule has 4 nitrogen and oxygen atoms in total. The second kappa shape index (κ2) is 7.11. The van der Waals surface area contributed by atoms with Crippen LogP contribution in [-0.2, 0) is 13.5 Å². The summed E-state index contributed by atoms with van der Waals surface area (Å²) in [6.07, 6.45) is 6.86. The highest BCUT2D eigenvalue weighted by molar-refractivity contribution is 5.67. The molecule has 0 saturated heterocycles. The van der Waals surface area contributed by atoms with E-state index < -0.39 is 0 Å². The first-order valence-corrected chi connectivity index (χ1v) is 7.73. The number of anilines is 1. The molecular weight excluding hydrogens is 288 g/mol. The van der Waals surface area contributed by atoms with Gasteiger partial charge in [0.1, 0.15) is 7.05 Å². The molecule has 1 N–H and O–H groups in total. The molecule has 118 valence electrons. The molecule has 2 heterocycles. The number of allylic oxidation sites excluding steroid dienone is 1. The summed E-state index contributed by atoms with van der Waals surface area (Å²) >= 11 is 0. The second-order valence-corrected chi connectivity index (χ2v) is 5.44. The van der Waals surface area contributed by atoms with Gasteiger partial charge in [-0.15, -0.1) is 0 Å². The fourth-order valence-corrected chi connectivity index (χ4v) is 2.69. The number of aliphatic hydroxyl groups excluding tert-OH is 1. The first kappa shape index (κ1) is 15.3. The van der Waals surface area contributed by atoms with E-state index in [0.29, 0.717) is 6.54 Å². The van der Waals surface area contributed by atoms with Crippen molar-refractivity contribution in [1.82, 2.24) is 0 Å². The van der Waals surface area contributed by atoms with Crippen LogP contribution >= 0.6 is 0 Å². The van der Waals surface area contributed by atoms with Crippen LogP contribution in [0.4, 0.5) is 5.69 Å². The first-order chi connectivity index (χ1) is 11.3. The molecule has 0 radical (unpaired) electrons. The number of hydrogen-bond donors (Lipinski definition) is 1. The number of para-hydroxylation sites is 3. The standard InChI is InChI=1S/C11H13NO.C8H8NO/c13-9-8-12-7-3-5-10-4-1-2-6-11(10)12;1-9-6-10-8-5-3-2-4-7(8)9/h1-4,6-7,13H,5,8-9H2;2-6H,1H3/q;+1. The van der Waals surface area contributed by atoms with Crippen LogP contribution in [0, 0.1) is 0 Å². The predicted molar refractivity (Wildman–Crippen MR) is 91.1 cm³/mol. The molecule has 0 spiro atoms. The average Bonchev–Trinajstić information content (AvgIpc) is 2.98. The highest BCUT2D eigenvalue weighted by Gasteiger charge is 2.10. The van der Waals surface area contributed by atoms with Crippen molar-refractivity contribution < 1.29 is 14.1 Å². The lowest BCUT2D eigenvalue weighted by atomic mass is 10.1. The highest BCUT2D eigenvalue weighted by atomic mass is 16.3. The van der Waals surface area contributed by atoms with Crippen molar-refractivity contribution in [3.8, 4) is 0 Å². The number of aryl methyl sites for hydroxylation is 1. The van der Waals surface area contributed by atoms with Crippen molar-refractivity contribution in [2.24, 2.45) is 7.05 Å². The van der Waals surface area contributed by atoms with E-state index in [1.807, 2.05) is 48.1 Å². The number of rotatable bonds is 2. The molecular formula is C19H21N2O2+. The lowest BCUT2D eigenvalue weighted by Crippen LogP contribution is -2.24. The van der Waals surface area contributed by atoms with Crippen molar-refractivity contribution in [2.45, 2.75) is 6.42 Å². The van der Waals surface area contributed by atoms with Gasteiger partial charge in [0.25, 0.3) is 5.52 Å². The molecule has 1 aromatic heterocycles. The van der Waals surface area contributed by atoms with Crippen molar-refractivity contribution in [3.63, 3.8) is 0 Å². The van der Waals surface area contributed by atoms with Gasteiger partial charge in [0.05, 0.1) is 6.61 Å². The molecule has 0 unspecified atom stereocenters. The predicted octanol–water partition coefficient (Wildman–Crippen LogP) is 2.81. The Balaban J connectivity index is 0.000000140. The lowest BCUT2D eigenvalue weighted by molar-refractivity contribution is -0.650. The molecule has 1 aliphatic rings. The van der Waals surface area contributed by atoms with Gasteiger partial charge in [-0.3, -0.25) is 0 Å². The van der Waals surface area contributed by atoms with Crippen LogP contribution in [0.5, 0.6) is 0 Å². The van der Waals surface area contributed by atoms with Gasteiger partial charge in [-0.1, -0.05) is 36.4 Å². The summed E-state index contributed by atoms with van der Waals surface area (Å²) < 4.78 is 7.17. The van der Waals surface area contributed by atoms with Gasteiger partial charge in [0, 0.05) is 24.5 Å². The molecule has 0 fully saturated rings. The molecule has 0 bridgehead atoms. The van der Waals surface area contributed by atoms with Gasteiger partial charge in [-0.2, -0.15) is 4.57 Å². The highest BCUT2D eigenvalue weighted by Crippen LogP contribution is 2.24. The zero-order valence-electron chi connectivity index (χ0n) is 13.2. The molecule has 2 aromatic carbocycles. The van der Waals surface area contributed by atoms with Crippen molar-refractivity contribution in [1.29, 1.82) is 0 Å². The van der Waals surface area contributed by atoms with E-state index in [-0.39, 0.29) is 6.61 Å². The molecule has 23 heavy (non-hydrogen) atoms. The van der Waals surface area contributed by atoms with Gasteiger partial charge in [-0.05, 0) is 24.1 Å². The molecule has 0 amide bonds. The van der Waals surface area contributed by atoms with E-state index in [0.717, 1.165) is 17.5 Å². The maximum absolute atomic E-state index is 8.87. The lowest BCUT2D eigenvalue weighted by Gasteiger charge is -2.25. The van der Waals surface area contributed by atoms with Crippen LogP contribution in [0.2, 0.25) is 0 Å². The summed E-state index contributed by atoms with van der Waals surface area (Å²) in [5.41, 5.74) is 4.62. The molecule has 4 heteroatoms. The van der Waals surface area contributed by atoms with Crippen LogP contribution in [0.3, 0.4) is 0 Å². The Kier molecular flexibility index (Phi) is 4.74. The molecule has 1 aliphatic heterocycles. The van der Waals surface area contributed by atoms with E-state index in [9.17, 15) is 0 Å². The monoisotopic (exact) mass is 309 g/mol. The van der Waals surface area contributed by atoms with E-state index in [4.69, 9.17) is 9.52 Å². The van der Waals surface area contributed by atoms with Gasteiger partial charge in [0.2, 0.25) is 5.58 Å². The molecule has 3 aromatic rings. The fourth-order valence-electron chi connectivity index (χ4n) is 2.69. The van der Waals surface area contributed by atoms with E-state index in [2.05, 4.69) is 29.2 Å². The van der Waals surface area contributed by atoms with Crippen LogP contribution in [0.25, 0.3) is 11.1 Å². The van der Waals surface area contributed by atoms with Gasteiger partial charge >= 0.3 is 6.39 Å². The number of fused-ring (bicyclic) bond motifs is 2. The summed E-state index contributed by atoms with van der Waals surface area (Å²) in [6.45, 7) is 0.867. The SMILES string of the molecule is C[n+]1coc2ccccc21.OCCN1C=CCc2ccccc21. The minimum atomic E-state index is 0.193. The number of aliphatic hydroxyl groups is 1. The minimum Gasteiger partial charge on any atom is -0.404 e. The summed E-state index contributed by atoms with van der Waals surface area (Å²) in [4.78, 5) is 2.08. The third-order valence-electron chi connectivity index (χ3n) is 3.85. The topological polar surface area (TPSA) is 40.5 Å². The molecule has 0 aliphatic carbocycles. The van der Waals surface area contributed by atoms with Crippen molar-refractivity contribution in [3.05, 3.63) is 72.8 Å². The number of nitrogens with zero attached hydrogens (tertiary/aromatic N) is 2. The van der Waals surface area contributed by atoms with Crippen LogP contribution < -0.4 is 9.47 Å². The summed E-state index contributed by atoms with van der Waals surface area (Å²) in [5.74, 6) is 0. The first-order valence-electron chi connectivity index (χ1n) is 7.73. The Morgan fingerprint density at radius 3 is 2.74 bits per heavy atom. The second-order valence-electron chi connectivity index (χ2n) is 5.44. The normalized spacial score (nSPS) is 12.7. The Morgan fingerprint density at radius 2 is 1.91 bits per heavy atom. The summed E-state index contributed by atoms with van der Waals surface area (Å²) in [6, 6.07) is 16.2. The third-order valence-corrected chi connectivity index (χ3v) is 3.85. The van der Waals surface area contributed by atoms with Gasteiger partial charge in [0.15, 0.2) is 0 Å². The Labute approximate surface area is 135 Å². The number of oxazole rings is 1. The van der Waals surface area contributed by atoms with E-state index in [1.165, 1.54) is 11.3 Å². The quantitative estimate of drug-likeness (QED) is 0.740. The van der Waals surface area contributed by atoms with Gasteiger partial charge < -0.3 is 14.4 Å². The maximum Gasteiger partial charge on any atom is 0.335 e. The van der Waals surface area contributed by atoms with Crippen LogP contribution in [0.1, 0.15) is 5.56 Å². The number of hydrogen-bond acceptors (Lipinski definition) is 3. The number of benzene rings is 2. The largest absolute Gasteiger partial charge is 0.404 e. The number of β-amino-alcohol motifs (C(OH)–C–C–N with tert-alkyl or cyclic N) is 1. The van der Waals surface area contributed by atoms with Crippen LogP contribution in [0.15, 0.2) is 71.6 Å². The molecule has 0 saturated carbocycles. The Morgan fingerprint density at radius 1 is 1.13 bits per heavy atom. The zero-order chi connectivity index (χ0) is 16.1. The van der Waals surface area contributed by atoms with Crippen molar-refractivity contribution in [2.75, 3.05) is 18.1 Å². The summed E-state index contributed by atoms with van der Waals surface area (Å²) in [5, 5.41) is 8.87. The Hall–Kier alpha value is -2.59. The Bertz CT molecular complexity index is 808. The molecule has 4 rings (SSSR count). The number of aromatic nitrogens is 1. The third kappa shape index (κ3) is 3.43. The zero-order valence-corrected chi connectivity index (χ0v) is 13.2. The minimum absolute atomic E-state index is 0.193. The fraction of sp³-hybridized carbons (Fsp3) is 0.211.